The summed E-state index contributed by atoms with van der Waals surface area (Å²) in [7, 11) is 0. The molecule has 0 spiro atoms. The van der Waals surface area contributed by atoms with Crippen molar-refractivity contribution >= 4 is 17.4 Å². The smallest absolute Gasteiger partial charge is 0.0165 e. The molecule has 1 heterocycles. The molecular weight excluding hydrogens is 238 g/mol. The third-order valence-corrected chi connectivity index (χ3v) is 3.68. The highest BCUT2D eigenvalue weighted by atomic mass is 32.1. The Morgan fingerprint density at radius 1 is 1.17 bits per heavy atom. The van der Waals surface area contributed by atoms with Crippen molar-refractivity contribution in [1.82, 2.24) is 5.32 Å². The molecule has 0 saturated carbocycles. The standard InChI is InChI=1S/C16H19NS/c1-14(12-15-6-3-2-4-7-15)13-17-10-9-16-8-5-11-18-16/h2-8,11-12,17H,9-10,13H2,1H3/b14-12-. The molecule has 2 rings (SSSR count). The summed E-state index contributed by atoms with van der Waals surface area (Å²) in [5.74, 6) is 0. The molecule has 1 aromatic heterocycles. The van der Waals surface area contributed by atoms with Gasteiger partial charge < -0.3 is 5.32 Å². The quantitative estimate of drug-likeness (QED) is 0.772. The lowest BCUT2D eigenvalue weighted by Gasteiger charge is -2.04. The zero-order valence-electron chi connectivity index (χ0n) is 10.7. The minimum absolute atomic E-state index is 0.959. The second kappa shape index (κ2) is 7.14. The number of benzene rings is 1. The summed E-state index contributed by atoms with van der Waals surface area (Å²) >= 11 is 1.83. The van der Waals surface area contributed by atoms with Crippen LogP contribution in [0.2, 0.25) is 0 Å². The lowest BCUT2D eigenvalue weighted by molar-refractivity contribution is 0.734. The molecule has 0 aliphatic rings. The minimum atomic E-state index is 0.959. The van der Waals surface area contributed by atoms with E-state index in [1.165, 1.54) is 16.0 Å². The van der Waals surface area contributed by atoms with E-state index in [1.54, 1.807) is 0 Å². The Bertz CT molecular complexity index is 471. The van der Waals surface area contributed by atoms with Gasteiger partial charge in [-0.05, 0) is 30.4 Å². The number of hydrogen-bond donors (Lipinski definition) is 1. The summed E-state index contributed by atoms with van der Waals surface area (Å²) in [6.45, 7) is 4.17. The maximum atomic E-state index is 3.48. The van der Waals surface area contributed by atoms with Crippen molar-refractivity contribution in [3.05, 3.63) is 63.9 Å². The number of thiophene rings is 1. The van der Waals surface area contributed by atoms with Gasteiger partial charge in [0.15, 0.2) is 0 Å². The molecule has 0 unspecified atom stereocenters. The van der Waals surface area contributed by atoms with Crippen LogP contribution in [0.4, 0.5) is 0 Å². The van der Waals surface area contributed by atoms with Gasteiger partial charge >= 0.3 is 0 Å². The van der Waals surface area contributed by atoms with Crippen molar-refractivity contribution in [3.8, 4) is 0 Å². The molecule has 0 aliphatic carbocycles. The van der Waals surface area contributed by atoms with Crippen molar-refractivity contribution < 1.29 is 0 Å². The monoisotopic (exact) mass is 257 g/mol. The van der Waals surface area contributed by atoms with Gasteiger partial charge in [-0.25, -0.2) is 0 Å². The van der Waals surface area contributed by atoms with E-state index >= 15 is 0 Å². The normalized spacial score (nSPS) is 11.7. The van der Waals surface area contributed by atoms with Gasteiger partial charge in [-0.15, -0.1) is 11.3 Å². The number of hydrogen-bond acceptors (Lipinski definition) is 2. The summed E-state index contributed by atoms with van der Waals surface area (Å²) in [6.07, 6.45) is 3.36. The fourth-order valence-electron chi connectivity index (χ4n) is 1.84. The molecule has 0 atom stereocenters. The average molecular weight is 257 g/mol. The molecule has 1 nitrogen and oxygen atoms in total. The molecule has 2 aromatic rings. The number of rotatable bonds is 6. The zero-order chi connectivity index (χ0) is 12.6. The van der Waals surface area contributed by atoms with E-state index in [0.717, 1.165) is 19.5 Å². The summed E-state index contributed by atoms with van der Waals surface area (Å²) in [4.78, 5) is 1.45. The maximum Gasteiger partial charge on any atom is 0.0165 e. The first-order chi connectivity index (χ1) is 8.84. The number of nitrogens with one attached hydrogen (secondary N) is 1. The minimum Gasteiger partial charge on any atom is -0.313 e. The van der Waals surface area contributed by atoms with Crippen molar-refractivity contribution in [3.63, 3.8) is 0 Å². The van der Waals surface area contributed by atoms with Crippen LogP contribution in [0.15, 0.2) is 53.4 Å². The van der Waals surface area contributed by atoms with Gasteiger partial charge in [0, 0.05) is 18.0 Å². The molecule has 0 saturated heterocycles. The van der Waals surface area contributed by atoms with E-state index in [9.17, 15) is 0 Å². The van der Waals surface area contributed by atoms with E-state index in [-0.39, 0.29) is 0 Å². The average Bonchev–Trinajstić information content (AvgIpc) is 2.89. The Labute approximate surface area is 113 Å². The van der Waals surface area contributed by atoms with Crippen LogP contribution in [0.1, 0.15) is 17.4 Å². The van der Waals surface area contributed by atoms with Crippen LogP contribution in [0, 0.1) is 0 Å². The topological polar surface area (TPSA) is 12.0 Å². The van der Waals surface area contributed by atoms with Gasteiger partial charge in [0.1, 0.15) is 0 Å². The molecule has 0 aliphatic heterocycles. The fraction of sp³-hybridized carbons (Fsp3) is 0.250. The Morgan fingerprint density at radius 3 is 2.72 bits per heavy atom. The predicted molar refractivity (Wildman–Crippen MR) is 81.0 cm³/mol. The van der Waals surface area contributed by atoms with E-state index in [2.05, 4.69) is 60.1 Å². The van der Waals surface area contributed by atoms with Crippen LogP contribution < -0.4 is 5.32 Å². The third-order valence-electron chi connectivity index (χ3n) is 2.74. The highest BCUT2D eigenvalue weighted by molar-refractivity contribution is 7.09. The van der Waals surface area contributed by atoms with E-state index in [0.29, 0.717) is 0 Å². The first kappa shape index (κ1) is 13.1. The Kier molecular flexibility index (Phi) is 5.18. The van der Waals surface area contributed by atoms with Crippen molar-refractivity contribution in [2.75, 3.05) is 13.1 Å². The molecule has 0 radical (unpaired) electrons. The van der Waals surface area contributed by atoms with Gasteiger partial charge in [-0.1, -0.05) is 48.0 Å². The Balaban J connectivity index is 1.72. The van der Waals surface area contributed by atoms with Gasteiger partial charge in [0.2, 0.25) is 0 Å². The SMILES string of the molecule is C/C(=C/c1ccccc1)CNCCc1cccs1. The second-order valence-electron chi connectivity index (χ2n) is 4.41. The highest BCUT2D eigenvalue weighted by Gasteiger charge is 1.94. The summed E-state index contributed by atoms with van der Waals surface area (Å²) < 4.78 is 0. The van der Waals surface area contributed by atoms with E-state index < -0.39 is 0 Å². The lowest BCUT2D eigenvalue weighted by Crippen LogP contribution is -2.18. The molecule has 94 valence electrons. The van der Waals surface area contributed by atoms with Crippen molar-refractivity contribution in [1.29, 1.82) is 0 Å². The predicted octanol–water partition coefficient (Wildman–Crippen LogP) is 3.98. The zero-order valence-corrected chi connectivity index (χ0v) is 11.5. The van der Waals surface area contributed by atoms with Crippen molar-refractivity contribution in [2.45, 2.75) is 13.3 Å². The molecular formula is C16H19NS. The Hall–Kier alpha value is -1.38. The first-order valence-corrected chi connectivity index (χ1v) is 7.18. The van der Waals surface area contributed by atoms with Gasteiger partial charge in [-0.2, -0.15) is 0 Å². The first-order valence-electron chi connectivity index (χ1n) is 6.30. The maximum absolute atomic E-state index is 3.48. The summed E-state index contributed by atoms with van der Waals surface area (Å²) in [6, 6.07) is 14.8. The lowest BCUT2D eigenvalue weighted by atomic mass is 10.1. The van der Waals surface area contributed by atoms with Gasteiger partial charge in [0.25, 0.3) is 0 Å². The van der Waals surface area contributed by atoms with Crippen LogP contribution in [0.5, 0.6) is 0 Å². The summed E-state index contributed by atoms with van der Waals surface area (Å²) in [5.41, 5.74) is 2.64. The molecule has 1 N–H and O–H groups in total. The Morgan fingerprint density at radius 2 is 2.00 bits per heavy atom. The van der Waals surface area contributed by atoms with Crippen LogP contribution >= 0.6 is 11.3 Å². The second-order valence-corrected chi connectivity index (χ2v) is 5.44. The van der Waals surface area contributed by atoms with Crippen molar-refractivity contribution in [2.24, 2.45) is 0 Å². The molecule has 0 bridgehead atoms. The molecule has 0 amide bonds. The van der Waals surface area contributed by atoms with Gasteiger partial charge in [-0.3, -0.25) is 0 Å². The third kappa shape index (κ3) is 4.47. The van der Waals surface area contributed by atoms with E-state index in [4.69, 9.17) is 0 Å². The van der Waals surface area contributed by atoms with Crippen LogP contribution in [0.25, 0.3) is 6.08 Å². The fourth-order valence-corrected chi connectivity index (χ4v) is 2.55. The van der Waals surface area contributed by atoms with Crippen LogP contribution in [-0.2, 0) is 6.42 Å². The van der Waals surface area contributed by atoms with Crippen LogP contribution in [0.3, 0.4) is 0 Å². The summed E-state index contributed by atoms with van der Waals surface area (Å²) in [5, 5.41) is 5.62. The highest BCUT2D eigenvalue weighted by Crippen LogP contribution is 2.08. The van der Waals surface area contributed by atoms with Crippen LogP contribution in [-0.4, -0.2) is 13.1 Å². The van der Waals surface area contributed by atoms with E-state index in [1.807, 2.05) is 17.4 Å². The molecule has 1 aromatic carbocycles. The molecule has 18 heavy (non-hydrogen) atoms. The molecule has 0 fully saturated rings. The largest absolute Gasteiger partial charge is 0.313 e. The van der Waals surface area contributed by atoms with Gasteiger partial charge in [0.05, 0.1) is 0 Å². The molecule has 2 heteroatoms.